The minimum Gasteiger partial charge on any atom is -0.478 e. The number of amides is 2. The third kappa shape index (κ3) is 10.4. The molecule has 2 N–H and O–H groups in total. The van der Waals surface area contributed by atoms with Crippen LogP contribution in [0, 0.1) is 0 Å². The summed E-state index contributed by atoms with van der Waals surface area (Å²) in [5.74, 6) is 1.03. The van der Waals surface area contributed by atoms with Gasteiger partial charge in [-0.05, 0) is 114 Å². The molecule has 1 aliphatic rings. The molecule has 2 aromatic rings. The van der Waals surface area contributed by atoms with E-state index in [-0.39, 0.29) is 12.0 Å². The number of pyridine rings is 1. The molecule has 44 heavy (non-hydrogen) atoms. The molecule has 1 fully saturated rings. The van der Waals surface area contributed by atoms with Crippen molar-refractivity contribution in [3.63, 3.8) is 0 Å². The maximum absolute atomic E-state index is 13.8. The van der Waals surface area contributed by atoms with Gasteiger partial charge in [-0.25, -0.2) is 24.2 Å². The highest BCUT2D eigenvalue weighted by atomic mass is 16.6. The summed E-state index contributed by atoms with van der Waals surface area (Å²) in [5.41, 5.74) is -0.872. The van der Waals surface area contributed by atoms with E-state index in [2.05, 4.69) is 10.3 Å². The highest BCUT2D eigenvalue weighted by molar-refractivity contribution is 5.95. The Morgan fingerprint density at radius 2 is 1.66 bits per heavy atom. The van der Waals surface area contributed by atoms with Crippen LogP contribution in [-0.2, 0) is 15.0 Å². The first-order chi connectivity index (χ1) is 20.1. The average Bonchev–Trinajstić information content (AvgIpc) is 3.46. The van der Waals surface area contributed by atoms with Gasteiger partial charge in [0.2, 0.25) is 5.88 Å². The lowest BCUT2D eigenvalue weighted by Gasteiger charge is -2.30. The second-order valence-corrected chi connectivity index (χ2v) is 15.3. The molecule has 2 aromatic heterocycles. The highest BCUT2D eigenvalue weighted by Gasteiger charge is 2.34. The van der Waals surface area contributed by atoms with Gasteiger partial charge in [-0.15, -0.1) is 0 Å². The summed E-state index contributed by atoms with van der Waals surface area (Å²) >= 11 is 0. The summed E-state index contributed by atoms with van der Waals surface area (Å²) in [6, 6.07) is 5.38. The van der Waals surface area contributed by atoms with Gasteiger partial charge in [0.1, 0.15) is 17.0 Å². The number of aliphatic hydroxyl groups excluding tert-OH is 1. The first-order valence-corrected chi connectivity index (χ1v) is 15.6. The summed E-state index contributed by atoms with van der Waals surface area (Å²) in [4.78, 5) is 31.9. The fourth-order valence-corrected chi connectivity index (χ4v) is 5.06. The van der Waals surface area contributed by atoms with Crippen molar-refractivity contribution in [3.05, 3.63) is 30.1 Å². The van der Waals surface area contributed by atoms with Crippen molar-refractivity contribution < 1.29 is 28.9 Å². The van der Waals surface area contributed by atoms with Crippen molar-refractivity contribution in [2.24, 2.45) is 0 Å². The molecule has 1 aliphatic carbocycles. The Hall–Kier alpha value is -3.34. The molecule has 0 radical (unpaired) electrons. The molecule has 0 aromatic carbocycles. The van der Waals surface area contributed by atoms with Crippen LogP contribution in [0.1, 0.15) is 120 Å². The molecule has 2 amide bonds. The molecule has 3 rings (SSSR count). The van der Waals surface area contributed by atoms with E-state index in [1.165, 1.54) is 4.90 Å². The number of ether oxygens (including phenoxy) is 3. The summed E-state index contributed by atoms with van der Waals surface area (Å²) in [7, 11) is 0. The minimum atomic E-state index is -0.729. The first-order valence-electron chi connectivity index (χ1n) is 15.6. The molecule has 246 valence electrons. The molecule has 0 saturated heterocycles. The van der Waals surface area contributed by atoms with Crippen LogP contribution in [0.4, 0.5) is 21.1 Å². The number of aliphatic hydroxyl groups is 1. The van der Waals surface area contributed by atoms with Crippen LogP contribution in [0.25, 0.3) is 0 Å². The van der Waals surface area contributed by atoms with E-state index in [4.69, 9.17) is 19.3 Å². The number of hydrogen-bond acceptors (Lipinski definition) is 8. The van der Waals surface area contributed by atoms with Crippen molar-refractivity contribution in [2.45, 2.75) is 143 Å². The van der Waals surface area contributed by atoms with Gasteiger partial charge in [0.15, 0.2) is 0 Å². The van der Waals surface area contributed by atoms with Gasteiger partial charge >= 0.3 is 12.2 Å². The predicted octanol–water partition coefficient (Wildman–Crippen LogP) is 7.20. The molecule has 11 nitrogen and oxygen atoms in total. The smallest absolute Gasteiger partial charge is 0.420 e. The van der Waals surface area contributed by atoms with E-state index in [1.54, 1.807) is 18.3 Å². The van der Waals surface area contributed by atoms with Crippen molar-refractivity contribution in [3.8, 4) is 5.88 Å². The van der Waals surface area contributed by atoms with Crippen molar-refractivity contribution >= 4 is 23.7 Å². The zero-order valence-electron chi connectivity index (χ0n) is 28.5. The van der Waals surface area contributed by atoms with Crippen molar-refractivity contribution in [2.75, 3.05) is 11.5 Å². The molecule has 0 bridgehead atoms. The van der Waals surface area contributed by atoms with E-state index in [1.807, 2.05) is 86.9 Å². The van der Waals surface area contributed by atoms with E-state index >= 15 is 0 Å². The number of hydrogen-bond donors (Lipinski definition) is 2. The molecular formula is C33H53N5O6. The third-order valence-electron chi connectivity index (χ3n) is 6.99. The Kier molecular flexibility index (Phi) is 10.7. The summed E-state index contributed by atoms with van der Waals surface area (Å²) in [6.07, 6.45) is 3.77. The SMILES string of the molecule is CC(C)(CCCOc1cc(N(C(=O)OC(C)(C)C)c2cc([C@H]3CC[C@@H](O)C3)nn2C(C)(C)C)ccn1)NC(=O)OC(C)(C)C. The minimum absolute atomic E-state index is 0.109. The number of nitrogens with zero attached hydrogens (tertiary/aromatic N) is 4. The van der Waals surface area contributed by atoms with Crippen LogP contribution in [0.5, 0.6) is 5.88 Å². The zero-order valence-corrected chi connectivity index (χ0v) is 28.5. The zero-order chi connectivity index (χ0) is 33.1. The topological polar surface area (TPSA) is 128 Å². The van der Waals surface area contributed by atoms with Crippen LogP contribution in [-0.4, -0.2) is 61.5 Å². The van der Waals surface area contributed by atoms with Gasteiger partial charge in [0.05, 0.1) is 29.6 Å². The Bertz CT molecular complexity index is 1280. The quantitative estimate of drug-likeness (QED) is 0.284. The van der Waals surface area contributed by atoms with Crippen molar-refractivity contribution in [1.29, 1.82) is 0 Å². The van der Waals surface area contributed by atoms with Gasteiger partial charge in [-0.2, -0.15) is 5.10 Å². The summed E-state index contributed by atoms with van der Waals surface area (Å²) in [6.45, 7) is 21.3. The Morgan fingerprint density at radius 1 is 1.00 bits per heavy atom. The molecular weight excluding hydrogens is 562 g/mol. The normalized spacial score (nSPS) is 17.7. The Labute approximate surface area is 262 Å². The number of carbonyl (C=O) groups is 2. The monoisotopic (exact) mass is 615 g/mol. The van der Waals surface area contributed by atoms with Gasteiger partial charge in [0.25, 0.3) is 0 Å². The lowest BCUT2D eigenvalue weighted by Crippen LogP contribution is -2.45. The largest absolute Gasteiger partial charge is 0.478 e. The first kappa shape index (κ1) is 35.1. The number of alkyl carbamates (subject to hydrolysis) is 1. The lowest BCUT2D eigenvalue weighted by molar-refractivity contribution is 0.0463. The maximum Gasteiger partial charge on any atom is 0.420 e. The fourth-order valence-electron chi connectivity index (χ4n) is 5.06. The molecule has 2 heterocycles. The van der Waals surface area contributed by atoms with Crippen LogP contribution in [0.2, 0.25) is 0 Å². The van der Waals surface area contributed by atoms with Crippen molar-refractivity contribution in [1.82, 2.24) is 20.1 Å². The summed E-state index contributed by atoms with van der Waals surface area (Å²) < 4.78 is 19.1. The molecule has 11 heteroatoms. The van der Waals surface area contributed by atoms with Crippen LogP contribution in [0.3, 0.4) is 0 Å². The number of aromatic nitrogens is 3. The van der Waals surface area contributed by atoms with E-state index in [0.29, 0.717) is 43.3 Å². The van der Waals surface area contributed by atoms with Crippen LogP contribution >= 0.6 is 0 Å². The predicted molar refractivity (Wildman–Crippen MR) is 171 cm³/mol. The number of carbonyl (C=O) groups excluding carboxylic acids is 2. The molecule has 1 saturated carbocycles. The number of anilines is 2. The van der Waals surface area contributed by atoms with E-state index in [9.17, 15) is 14.7 Å². The summed E-state index contributed by atoms with van der Waals surface area (Å²) in [5, 5.41) is 18.0. The van der Waals surface area contributed by atoms with Gasteiger partial charge in [-0.3, -0.25) is 0 Å². The van der Waals surface area contributed by atoms with Crippen LogP contribution < -0.4 is 15.0 Å². The highest BCUT2D eigenvalue weighted by Crippen LogP contribution is 2.39. The standard InChI is InChI=1S/C33H53N5O6/c1-30(2,3)38-27(21-25(36-38)22-13-14-24(39)19-22)37(29(41)44-32(7,8)9)23-15-17-34-26(20-23)42-18-12-16-33(10,11)35-28(40)43-31(4,5)6/h15,17,20-22,24,39H,12-14,16,18-19H2,1-11H3,(H,35,40)/t22-,24+/m0/s1. The molecule has 0 unspecified atom stereocenters. The average molecular weight is 616 g/mol. The fraction of sp³-hybridized carbons (Fsp3) is 0.697. The number of rotatable bonds is 9. The Balaban J connectivity index is 1.84. The van der Waals surface area contributed by atoms with Gasteiger partial charge in [-0.1, -0.05) is 0 Å². The van der Waals surface area contributed by atoms with Gasteiger partial charge < -0.3 is 24.6 Å². The van der Waals surface area contributed by atoms with Gasteiger partial charge in [0, 0.05) is 29.8 Å². The maximum atomic E-state index is 13.8. The second-order valence-electron chi connectivity index (χ2n) is 15.3. The molecule has 0 aliphatic heterocycles. The number of nitrogens with one attached hydrogen (secondary N) is 1. The molecule has 2 atom stereocenters. The lowest BCUT2D eigenvalue weighted by atomic mass is 9.99. The van der Waals surface area contributed by atoms with E-state index in [0.717, 1.165) is 18.5 Å². The Morgan fingerprint density at radius 3 is 2.23 bits per heavy atom. The van der Waals surface area contributed by atoms with Crippen LogP contribution in [0.15, 0.2) is 24.4 Å². The third-order valence-corrected chi connectivity index (χ3v) is 6.99. The van der Waals surface area contributed by atoms with E-state index < -0.39 is 34.5 Å². The second kappa shape index (κ2) is 13.3. The molecule has 0 spiro atoms.